The average molecular weight is 365 g/mol. The Hall–Kier alpha value is -0.790. The third kappa shape index (κ3) is 6.23. The van der Waals surface area contributed by atoms with E-state index >= 15 is 0 Å². The van der Waals surface area contributed by atoms with Crippen molar-refractivity contribution in [2.45, 2.75) is 39.8 Å². The summed E-state index contributed by atoms with van der Waals surface area (Å²) in [6.45, 7) is 7.99. The van der Waals surface area contributed by atoms with E-state index < -0.39 is 0 Å². The maximum absolute atomic E-state index is 4.23. The van der Waals surface area contributed by atoms with Crippen LogP contribution in [0.1, 0.15) is 25.8 Å². The molecular weight excluding hydrogens is 341 g/mol. The summed E-state index contributed by atoms with van der Waals surface area (Å²) < 4.78 is 1.93. The SMILES string of the molecule is CCC(C)NC(=NC)NCCn1cc(C)cn1.I. The molecule has 1 rings (SSSR count). The van der Waals surface area contributed by atoms with Crippen LogP contribution >= 0.6 is 24.0 Å². The van der Waals surface area contributed by atoms with E-state index in [1.807, 2.05) is 24.0 Å². The first-order valence-corrected chi connectivity index (χ1v) is 6.12. The van der Waals surface area contributed by atoms with Gasteiger partial charge in [0.05, 0.1) is 12.7 Å². The molecule has 0 fully saturated rings. The van der Waals surface area contributed by atoms with Gasteiger partial charge in [-0.3, -0.25) is 9.67 Å². The maximum Gasteiger partial charge on any atom is 0.191 e. The molecule has 0 aliphatic heterocycles. The van der Waals surface area contributed by atoms with Crippen molar-refractivity contribution in [3.8, 4) is 0 Å². The van der Waals surface area contributed by atoms with Crippen molar-refractivity contribution in [3.63, 3.8) is 0 Å². The number of aromatic nitrogens is 2. The molecule has 2 N–H and O–H groups in total. The van der Waals surface area contributed by atoms with Gasteiger partial charge in [-0.1, -0.05) is 6.92 Å². The van der Waals surface area contributed by atoms with Gasteiger partial charge in [-0.15, -0.1) is 24.0 Å². The van der Waals surface area contributed by atoms with Gasteiger partial charge in [-0.05, 0) is 25.8 Å². The van der Waals surface area contributed by atoms with E-state index in [1.54, 1.807) is 7.05 Å². The first kappa shape index (κ1) is 17.2. The molecule has 1 aromatic heterocycles. The zero-order valence-corrected chi connectivity index (χ0v) is 13.9. The molecule has 1 unspecified atom stereocenters. The van der Waals surface area contributed by atoms with Crippen molar-refractivity contribution in [3.05, 3.63) is 18.0 Å². The van der Waals surface area contributed by atoms with Crippen molar-refractivity contribution in [1.82, 2.24) is 20.4 Å². The topological polar surface area (TPSA) is 54.2 Å². The zero-order valence-electron chi connectivity index (χ0n) is 11.6. The minimum atomic E-state index is 0. The van der Waals surface area contributed by atoms with E-state index in [0.29, 0.717) is 6.04 Å². The Labute approximate surface area is 126 Å². The third-order valence-electron chi connectivity index (χ3n) is 2.61. The predicted molar refractivity (Wildman–Crippen MR) is 86.6 cm³/mol. The fourth-order valence-corrected chi connectivity index (χ4v) is 1.41. The molecule has 0 saturated heterocycles. The molecule has 18 heavy (non-hydrogen) atoms. The van der Waals surface area contributed by atoms with E-state index in [1.165, 1.54) is 5.56 Å². The lowest BCUT2D eigenvalue weighted by Crippen LogP contribution is -2.43. The number of nitrogens with one attached hydrogen (secondary N) is 2. The van der Waals surface area contributed by atoms with Crippen LogP contribution in [0, 0.1) is 6.92 Å². The third-order valence-corrected chi connectivity index (χ3v) is 2.61. The molecule has 6 heteroatoms. The molecule has 0 bridgehead atoms. The number of nitrogens with zero attached hydrogens (tertiary/aromatic N) is 3. The van der Waals surface area contributed by atoms with Gasteiger partial charge in [0.25, 0.3) is 0 Å². The highest BCUT2D eigenvalue weighted by atomic mass is 127. The number of halogens is 1. The summed E-state index contributed by atoms with van der Waals surface area (Å²) in [5, 5.41) is 10.8. The minimum Gasteiger partial charge on any atom is -0.355 e. The van der Waals surface area contributed by atoms with Gasteiger partial charge in [0.2, 0.25) is 0 Å². The Morgan fingerprint density at radius 1 is 1.56 bits per heavy atom. The van der Waals surface area contributed by atoms with Crippen LogP contribution < -0.4 is 10.6 Å². The van der Waals surface area contributed by atoms with Gasteiger partial charge in [-0.2, -0.15) is 5.10 Å². The van der Waals surface area contributed by atoms with Gasteiger partial charge in [0.15, 0.2) is 5.96 Å². The molecule has 1 aromatic rings. The fourth-order valence-electron chi connectivity index (χ4n) is 1.41. The second-order valence-corrected chi connectivity index (χ2v) is 4.23. The normalized spacial score (nSPS) is 12.8. The Morgan fingerprint density at radius 2 is 2.28 bits per heavy atom. The second kappa shape index (κ2) is 9.18. The molecule has 1 atom stereocenters. The Morgan fingerprint density at radius 3 is 2.78 bits per heavy atom. The molecule has 0 aliphatic rings. The maximum atomic E-state index is 4.23. The summed E-state index contributed by atoms with van der Waals surface area (Å²) in [6.07, 6.45) is 4.98. The van der Waals surface area contributed by atoms with Crippen molar-refractivity contribution < 1.29 is 0 Å². The van der Waals surface area contributed by atoms with E-state index in [4.69, 9.17) is 0 Å². The van der Waals surface area contributed by atoms with Crippen LogP contribution in [0.3, 0.4) is 0 Å². The largest absolute Gasteiger partial charge is 0.355 e. The first-order chi connectivity index (χ1) is 8.15. The Bertz CT molecular complexity index is 361. The summed E-state index contributed by atoms with van der Waals surface area (Å²) in [4.78, 5) is 4.18. The van der Waals surface area contributed by atoms with Crippen LogP contribution in [0.4, 0.5) is 0 Å². The molecule has 0 saturated carbocycles. The molecule has 104 valence electrons. The minimum absolute atomic E-state index is 0. The van der Waals surface area contributed by atoms with Crippen molar-refractivity contribution >= 4 is 29.9 Å². The number of hydrogen-bond acceptors (Lipinski definition) is 2. The lowest BCUT2D eigenvalue weighted by Gasteiger charge is -2.16. The second-order valence-electron chi connectivity index (χ2n) is 4.23. The fraction of sp³-hybridized carbons (Fsp3) is 0.667. The quantitative estimate of drug-likeness (QED) is 0.475. The Balaban J connectivity index is 0.00000289. The molecule has 1 heterocycles. The smallest absolute Gasteiger partial charge is 0.191 e. The van der Waals surface area contributed by atoms with Crippen LogP contribution in [0.25, 0.3) is 0 Å². The lowest BCUT2D eigenvalue weighted by atomic mass is 10.3. The summed E-state index contributed by atoms with van der Waals surface area (Å²) >= 11 is 0. The van der Waals surface area contributed by atoms with E-state index in [0.717, 1.165) is 25.5 Å². The standard InChI is InChI=1S/C12H23N5.HI/c1-5-11(3)16-12(13-4)14-6-7-17-9-10(2)8-15-17;/h8-9,11H,5-7H2,1-4H3,(H2,13,14,16);1H. The molecule has 0 spiro atoms. The molecule has 0 radical (unpaired) electrons. The predicted octanol–water partition coefficient (Wildman–Crippen LogP) is 1.77. The molecule has 0 amide bonds. The number of hydrogen-bond donors (Lipinski definition) is 2. The van der Waals surface area contributed by atoms with Crippen LogP contribution in [0.15, 0.2) is 17.4 Å². The van der Waals surface area contributed by atoms with E-state index in [9.17, 15) is 0 Å². The summed E-state index contributed by atoms with van der Waals surface area (Å²) in [5.74, 6) is 0.850. The highest BCUT2D eigenvalue weighted by Crippen LogP contribution is 1.93. The molecule has 0 aliphatic carbocycles. The molecule has 0 aromatic carbocycles. The Kier molecular flexibility index (Phi) is 8.78. The van der Waals surface area contributed by atoms with Gasteiger partial charge in [0, 0.05) is 25.8 Å². The summed E-state index contributed by atoms with van der Waals surface area (Å²) in [5.41, 5.74) is 1.19. The van der Waals surface area contributed by atoms with Gasteiger partial charge in [0.1, 0.15) is 0 Å². The monoisotopic (exact) mass is 365 g/mol. The van der Waals surface area contributed by atoms with Crippen molar-refractivity contribution in [2.75, 3.05) is 13.6 Å². The van der Waals surface area contributed by atoms with Crippen LogP contribution in [0.5, 0.6) is 0 Å². The molecular formula is C12H24IN5. The van der Waals surface area contributed by atoms with Gasteiger partial charge < -0.3 is 10.6 Å². The average Bonchev–Trinajstić information content (AvgIpc) is 2.73. The highest BCUT2D eigenvalue weighted by Gasteiger charge is 2.02. The van der Waals surface area contributed by atoms with Gasteiger partial charge >= 0.3 is 0 Å². The summed E-state index contributed by atoms with van der Waals surface area (Å²) in [7, 11) is 1.79. The van der Waals surface area contributed by atoms with E-state index in [2.05, 4.69) is 34.6 Å². The van der Waals surface area contributed by atoms with Crippen LogP contribution in [-0.2, 0) is 6.54 Å². The van der Waals surface area contributed by atoms with Crippen molar-refractivity contribution in [2.24, 2.45) is 4.99 Å². The first-order valence-electron chi connectivity index (χ1n) is 6.12. The van der Waals surface area contributed by atoms with Crippen LogP contribution in [0.2, 0.25) is 0 Å². The lowest BCUT2D eigenvalue weighted by molar-refractivity contribution is 0.582. The van der Waals surface area contributed by atoms with E-state index in [-0.39, 0.29) is 24.0 Å². The number of aryl methyl sites for hydroxylation is 1. The summed E-state index contributed by atoms with van der Waals surface area (Å²) in [6, 6.07) is 0.438. The molecule has 5 nitrogen and oxygen atoms in total. The number of aliphatic imine (C=N–C) groups is 1. The highest BCUT2D eigenvalue weighted by molar-refractivity contribution is 14.0. The number of guanidine groups is 1. The van der Waals surface area contributed by atoms with Crippen molar-refractivity contribution in [1.29, 1.82) is 0 Å². The van der Waals surface area contributed by atoms with Crippen LogP contribution in [-0.4, -0.2) is 35.4 Å². The number of rotatable bonds is 5. The van der Waals surface area contributed by atoms with Gasteiger partial charge in [-0.25, -0.2) is 0 Å². The zero-order chi connectivity index (χ0) is 12.7.